The monoisotopic (exact) mass is 392 g/mol. The van der Waals surface area contributed by atoms with Gasteiger partial charge in [-0.3, -0.25) is 4.90 Å². The summed E-state index contributed by atoms with van der Waals surface area (Å²) in [6, 6.07) is 11.8. The molecule has 1 N–H and O–H groups in total. The second-order valence-electron chi connectivity index (χ2n) is 10.3. The summed E-state index contributed by atoms with van der Waals surface area (Å²) in [4.78, 5) is 8.10. The Morgan fingerprint density at radius 3 is 2.34 bits per heavy atom. The normalized spacial score (nSPS) is 32.5. The van der Waals surface area contributed by atoms with Crippen LogP contribution in [0.1, 0.15) is 82.5 Å². The number of hydrogen-bond donors (Lipinski definition) is 1. The van der Waals surface area contributed by atoms with E-state index in [-0.39, 0.29) is 0 Å². The molecule has 2 unspecified atom stereocenters. The van der Waals surface area contributed by atoms with Crippen LogP contribution in [0.15, 0.2) is 24.3 Å². The maximum atomic E-state index is 5.12. The van der Waals surface area contributed by atoms with Gasteiger partial charge in [0.15, 0.2) is 0 Å². The van der Waals surface area contributed by atoms with Crippen LogP contribution in [0.4, 0.5) is 0 Å². The molecule has 0 amide bonds. The topological polar surface area (TPSA) is 33.1 Å². The van der Waals surface area contributed by atoms with Gasteiger partial charge in [-0.1, -0.05) is 31.4 Å². The van der Waals surface area contributed by atoms with Crippen LogP contribution < -0.4 is 5.32 Å². The van der Waals surface area contributed by atoms with Crippen molar-refractivity contribution in [2.75, 3.05) is 13.1 Å². The molecule has 1 aromatic heterocycles. The zero-order chi connectivity index (χ0) is 19.4. The van der Waals surface area contributed by atoms with Crippen molar-refractivity contribution in [1.29, 1.82) is 0 Å². The van der Waals surface area contributed by atoms with Crippen LogP contribution in [0.5, 0.6) is 0 Å². The van der Waals surface area contributed by atoms with E-state index in [0.717, 1.165) is 37.1 Å². The molecular weight excluding hydrogens is 356 g/mol. The zero-order valence-corrected chi connectivity index (χ0v) is 17.9. The molecule has 3 atom stereocenters. The third kappa shape index (κ3) is 3.06. The lowest BCUT2D eigenvalue weighted by atomic mass is 9.82. The van der Waals surface area contributed by atoms with E-state index in [4.69, 9.17) is 4.98 Å². The molecule has 0 radical (unpaired) electrons. The lowest BCUT2D eigenvalue weighted by Gasteiger charge is -2.46. The number of imidazole rings is 1. The summed E-state index contributed by atoms with van der Waals surface area (Å²) in [6.07, 6.45) is 12.8. The van der Waals surface area contributed by atoms with Gasteiger partial charge in [-0.2, -0.15) is 0 Å². The largest absolute Gasteiger partial charge is 0.324 e. The molecule has 2 aromatic rings. The highest BCUT2D eigenvalue weighted by Crippen LogP contribution is 2.46. The van der Waals surface area contributed by atoms with Gasteiger partial charge in [0.2, 0.25) is 0 Å². The molecule has 0 spiro atoms. The second-order valence-corrected chi connectivity index (χ2v) is 10.3. The predicted octanol–water partition coefficient (Wildman–Crippen LogP) is 4.86. The third-order valence-electron chi connectivity index (χ3n) is 8.70. The van der Waals surface area contributed by atoms with Gasteiger partial charge in [0, 0.05) is 43.2 Å². The minimum absolute atomic E-state index is 0.597. The van der Waals surface area contributed by atoms with Crippen molar-refractivity contribution >= 4 is 11.0 Å². The second kappa shape index (κ2) is 7.39. The summed E-state index contributed by atoms with van der Waals surface area (Å²) in [5, 5.41) is 3.46. The Labute approximate surface area is 175 Å². The van der Waals surface area contributed by atoms with Crippen molar-refractivity contribution in [2.24, 2.45) is 5.92 Å². The first-order valence-corrected chi connectivity index (χ1v) is 12.2. The first-order chi connectivity index (χ1) is 14.3. The Hall–Kier alpha value is -1.39. The number of benzene rings is 1. The van der Waals surface area contributed by atoms with E-state index < -0.39 is 0 Å². The molecule has 1 aromatic carbocycles. The summed E-state index contributed by atoms with van der Waals surface area (Å²) < 4.78 is 2.68. The van der Waals surface area contributed by atoms with E-state index >= 15 is 0 Å². The number of nitrogens with one attached hydrogen (secondary N) is 1. The zero-order valence-electron chi connectivity index (χ0n) is 17.9. The number of nitrogens with zero attached hydrogens (tertiary/aromatic N) is 3. The molecule has 4 nitrogen and oxygen atoms in total. The van der Waals surface area contributed by atoms with Crippen LogP contribution in [0, 0.1) is 5.92 Å². The highest BCUT2D eigenvalue weighted by molar-refractivity contribution is 5.76. The molecule has 6 rings (SSSR count). The van der Waals surface area contributed by atoms with E-state index in [1.807, 2.05) is 0 Å². The number of fused-ring (bicyclic) bond motifs is 3. The van der Waals surface area contributed by atoms with Crippen LogP contribution >= 0.6 is 0 Å². The Bertz CT molecular complexity index is 849. The number of hydrogen-bond acceptors (Lipinski definition) is 3. The van der Waals surface area contributed by atoms with Crippen LogP contribution in [0.3, 0.4) is 0 Å². The molecule has 3 aliphatic heterocycles. The number of piperidine rings is 1. The Morgan fingerprint density at radius 2 is 1.66 bits per heavy atom. The SMILES string of the molecule is C[C@H](C1CCCCC1)N1C2CCC1CC(n1c(C3CNC3)nc3ccccc31)C2. The van der Waals surface area contributed by atoms with Crippen LogP contribution in [-0.2, 0) is 0 Å². The van der Waals surface area contributed by atoms with E-state index in [1.54, 1.807) is 0 Å². The van der Waals surface area contributed by atoms with Gasteiger partial charge >= 0.3 is 0 Å². The maximum absolute atomic E-state index is 5.12. The molecule has 29 heavy (non-hydrogen) atoms. The van der Waals surface area contributed by atoms with E-state index in [0.29, 0.717) is 12.0 Å². The fourth-order valence-electron chi connectivity index (χ4n) is 7.13. The fraction of sp³-hybridized carbons (Fsp3) is 0.720. The molecular formula is C25H36N4. The predicted molar refractivity (Wildman–Crippen MR) is 118 cm³/mol. The van der Waals surface area contributed by atoms with E-state index in [1.165, 1.54) is 74.6 Å². The van der Waals surface area contributed by atoms with Crippen LogP contribution in [0.2, 0.25) is 0 Å². The van der Waals surface area contributed by atoms with Crippen LogP contribution in [-0.4, -0.2) is 45.7 Å². The third-order valence-corrected chi connectivity index (χ3v) is 8.70. The van der Waals surface area contributed by atoms with Gasteiger partial charge in [-0.25, -0.2) is 4.98 Å². The molecule has 4 heteroatoms. The van der Waals surface area contributed by atoms with E-state index in [2.05, 4.69) is 46.0 Å². The smallest absolute Gasteiger partial charge is 0.115 e. The van der Waals surface area contributed by atoms with Crippen molar-refractivity contribution in [1.82, 2.24) is 19.8 Å². The van der Waals surface area contributed by atoms with E-state index in [9.17, 15) is 0 Å². The van der Waals surface area contributed by atoms with Crippen molar-refractivity contribution in [3.05, 3.63) is 30.1 Å². The molecule has 4 aliphatic rings. The fourth-order valence-corrected chi connectivity index (χ4v) is 7.13. The Morgan fingerprint density at radius 1 is 0.931 bits per heavy atom. The van der Waals surface area contributed by atoms with Gasteiger partial charge in [-0.05, 0) is 63.5 Å². The van der Waals surface area contributed by atoms with Gasteiger partial charge in [0.25, 0.3) is 0 Å². The van der Waals surface area contributed by atoms with Crippen molar-refractivity contribution in [2.45, 2.75) is 94.8 Å². The van der Waals surface area contributed by atoms with Crippen molar-refractivity contribution in [3.63, 3.8) is 0 Å². The first-order valence-electron chi connectivity index (χ1n) is 12.2. The van der Waals surface area contributed by atoms with Crippen molar-refractivity contribution < 1.29 is 0 Å². The lowest BCUT2D eigenvalue weighted by molar-refractivity contribution is 0.0333. The molecule has 2 bridgehead atoms. The molecule has 1 saturated carbocycles. The van der Waals surface area contributed by atoms with Gasteiger partial charge in [0.05, 0.1) is 11.0 Å². The van der Waals surface area contributed by atoms with Gasteiger partial charge < -0.3 is 9.88 Å². The Balaban J connectivity index is 1.29. The average molecular weight is 393 g/mol. The molecule has 1 aliphatic carbocycles. The standard InChI is InChI=1S/C25H36N4/c1-17(18-7-3-2-4-8-18)28-20-11-12-21(28)14-22(13-20)29-24-10-6-5-9-23(24)27-25(29)19-15-26-16-19/h5-6,9-10,17-22,26H,2-4,7-8,11-16H2,1H3/t17-,20?,21?,22?/m1/s1. The summed E-state index contributed by atoms with van der Waals surface area (Å²) in [7, 11) is 0. The molecule has 4 heterocycles. The summed E-state index contributed by atoms with van der Waals surface area (Å²) >= 11 is 0. The van der Waals surface area contributed by atoms with Crippen molar-refractivity contribution in [3.8, 4) is 0 Å². The maximum Gasteiger partial charge on any atom is 0.115 e. The van der Waals surface area contributed by atoms with Gasteiger partial charge in [0.1, 0.15) is 5.82 Å². The minimum atomic E-state index is 0.597. The molecule has 156 valence electrons. The number of para-hydroxylation sites is 2. The highest BCUT2D eigenvalue weighted by Gasteiger charge is 2.45. The number of aromatic nitrogens is 2. The summed E-state index contributed by atoms with van der Waals surface area (Å²) in [5.74, 6) is 2.89. The average Bonchev–Trinajstić information content (AvgIpc) is 3.21. The quantitative estimate of drug-likeness (QED) is 0.807. The summed E-state index contributed by atoms with van der Waals surface area (Å²) in [5.41, 5.74) is 2.56. The number of rotatable bonds is 4. The molecule has 3 saturated heterocycles. The molecule has 4 fully saturated rings. The summed E-state index contributed by atoms with van der Waals surface area (Å²) in [6.45, 7) is 4.74. The van der Waals surface area contributed by atoms with Gasteiger partial charge in [-0.15, -0.1) is 0 Å². The minimum Gasteiger partial charge on any atom is -0.324 e. The Kier molecular flexibility index (Phi) is 4.68. The lowest BCUT2D eigenvalue weighted by Crippen LogP contribution is -2.51. The highest BCUT2D eigenvalue weighted by atomic mass is 15.3. The van der Waals surface area contributed by atoms with Crippen LogP contribution in [0.25, 0.3) is 11.0 Å². The first kappa shape index (κ1) is 18.4.